The van der Waals surface area contributed by atoms with Crippen molar-refractivity contribution in [3.63, 3.8) is 0 Å². The maximum absolute atomic E-state index is 12.3. The Labute approximate surface area is 205 Å². The molecule has 1 heterocycles. The molecule has 10 nitrogen and oxygen atoms in total. The summed E-state index contributed by atoms with van der Waals surface area (Å²) in [6.07, 6.45) is 4.51. The molecule has 0 unspecified atom stereocenters. The van der Waals surface area contributed by atoms with Crippen molar-refractivity contribution >= 4 is 33.7 Å². The number of sulfonamides is 1. The minimum Gasteiger partial charge on any atom is -0.484 e. The summed E-state index contributed by atoms with van der Waals surface area (Å²) in [5, 5.41) is 6.68. The van der Waals surface area contributed by atoms with Gasteiger partial charge < -0.3 is 14.8 Å². The number of benzene rings is 2. The first kappa shape index (κ1) is 26.2. The summed E-state index contributed by atoms with van der Waals surface area (Å²) < 4.78 is 36.2. The van der Waals surface area contributed by atoms with Gasteiger partial charge in [0.1, 0.15) is 12.3 Å². The Morgan fingerprint density at radius 1 is 1.14 bits per heavy atom. The van der Waals surface area contributed by atoms with Gasteiger partial charge in [0.2, 0.25) is 10.0 Å². The number of carbonyl (C=O) groups is 2. The van der Waals surface area contributed by atoms with Crippen LogP contribution in [0.5, 0.6) is 5.75 Å². The predicted octanol–water partition coefficient (Wildman–Crippen LogP) is 1.59. The Balaban J connectivity index is 1.44. The van der Waals surface area contributed by atoms with E-state index in [1.54, 1.807) is 48.5 Å². The van der Waals surface area contributed by atoms with Crippen LogP contribution in [0.1, 0.15) is 24.0 Å². The number of aryl methyl sites for hydroxylation is 1. The van der Waals surface area contributed by atoms with Gasteiger partial charge in [-0.3, -0.25) is 13.9 Å². The Hall–Kier alpha value is -3.44. The highest BCUT2D eigenvalue weighted by Crippen LogP contribution is 2.18. The van der Waals surface area contributed by atoms with Crippen molar-refractivity contribution in [1.29, 1.82) is 0 Å². The molecule has 1 atom stereocenters. The third kappa shape index (κ3) is 8.69. The summed E-state index contributed by atoms with van der Waals surface area (Å²) in [4.78, 5) is 24.2. The fraction of sp³-hybridized carbons (Fsp3) is 0.375. The molecule has 35 heavy (non-hydrogen) atoms. The molecule has 0 aromatic heterocycles. The molecule has 0 aliphatic carbocycles. The summed E-state index contributed by atoms with van der Waals surface area (Å²) in [5.74, 6) is -0.288. The first-order chi connectivity index (χ1) is 16.7. The zero-order valence-electron chi connectivity index (χ0n) is 19.8. The number of rotatable bonds is 11. The number of anilines is 1. The quantitative estimate of drug-likeness (QED) is 0.355. The average molecular weight is 503 g/mol. The lowest BCUT2D eigenvalue weighted by atomic mass is 10.2. The van der Waals surface area contributed by atoms with Crippen LogP contribution in [0, 0.1) is 6.92 Å². The van der Waals surface area contributed by atoms with Gasteiger partial charge in [0, 0.05) is 13.2 Å². The monoisotopic (exact) mass is 502 g/mol. The first-order valence-electron chi connectivity index (χ1n) is 11.2. The second-order valence-corrected chi connectivity index (χ2v) is 10.1. The zero-order valence-corrected chi connectivity index (χ0v) is 20.6. The summed E-state index contributed by atoms with van der Waals surface area (Å²) in [6, 6.07) is 13.6. The summed E-state index contributed by atoms with van der Waals surface area (Å²) in [7, 11) is -3.66. The highest BCUT2D eigenvalue weighted by molar-refractivity contribution is 7.92. The van der Waals surface area contributed by atoms with Gasteiger partial charge in [-0.15, -0.1) is 0 Å². The number of amides is 2. The Kier molecular flexibility index (Phi) is 9.21. The largest absolute Gasteiger partial charge is 0.484 e. The van der Waals surface area contributed by atoms with Gasteiger partial charge in [-0.05, 0) is 61.7 Å². The van der Waals surface area contributed by atoms with Crippen LogP contribution in [0.4, 0.5) is 5.69 Å². The molecule has 1 saturated heterocycles. The van der Waals surface area contributed by atoms with E-state index in [-0.39, 0.29) is 18.6 Å². The third-order valence-electron chi connectivity index (χ3n) is 5.21. The summed E-state index contributed by atoms with van der Waals surface area (Å²) in [6.45, 7) is 2.60. The topological polar surface area (TPSA) is 126 Å². The van der Waals surface area contributed by atoms with E-state index in [1.807, 2.05) is 6.92 Å². The SMILES string of the molecule is Cc1ccc(N(CC(=O)N/N=C\c2ccc(OCC(=O)NC[C@@H]3CCCO3)cc2)S(C)(=O)=O)cc1. The van der Waals surface area contributed by atoms with Gasteiger partial charge in [-0.2, -0.15) is 5.10 Å². The molecule has 1 aliphatic heterocycles. The fourth-order valence-electron chi connectivity index (χ4n) is 3.34. The highest BCUT2D eigenvalue weighted by atomic mass is 32.2. The fourth-order valence-corrected chi connectivity index (χ4v) is 4.20. The number of nitrogens with zero attached hydrogens (tertiary/aromatic N) is 2. The van der Waals surface area contributed by atoms with Gasteiger partial charge >= 0.3 is 0 Å². The van der Waals surface area contributed by atoms with E-state index in [0.717, 1.165) is 35.6 Å². The molecule has 2 N–H and O–H groups in total. The first-order valence-corrected chi connectivity index (χ1v) is 13.0. The van der Waals surface area contributed by atoms with Crippen LogP contribution in [0.15, 0.2) is 53.6 Å². The molecule has 0 bridgehead atoms. The van der Waals surface area contributed by atoms with Crippen LogP contribution < -0.4 is 19.8 Å². The lowest BCUT2D eigenvalue weighted by molar-refractivity contribution is -0.123. The lowest BCUT2D eigenvalue weighted by Crippen LogP contribution is -2.39. The van der Waals surface area contributed by atoms with Crippen LogP contribution in [-0.2, 0) is 24.3 Å². The smallest absolute Gasteiger partial charge is 0.260 e. The van der Waals surface area contributed by atoms with Crippen molar-refractivity contribution in [3.05, 3.63) is 59.7 Å². The maximum atomic E-state index is 12.3. The number of hydrogen-bond acceptors (Lipinski definition) is 7. The number of carbonyl (C=O) groups excluding carboxylic acids is 2. The standard InChI is InChI=1S/C24H30N4O6S/c1-18-5-9-20(10-6-18)28(35(2,31)32)16-23(29)27-26-14-19-7-11-21(12-8-19)34-17-24(30)25-15-22-4-3-13-33-22/h5-12,14,22H,3-4,13,15-17H2,1-2H3,(H,25,30)(H,27,29)/b26-14-/t22-/m0/s1. The summed E-state index contributed by atoms with van der Waals surface area (Å²) >= 11 is 0. The van der Waals surface area contributed by atoms with Crippen LogP contribution >= 0.6 is 0 Å². The van der Waals surface area contributed by atoms with Crippen LogP contribution in [-0.4, -0.2) is 65.1 Å². The molecule has 2 aromatic rings. The van der Waals surface area contributed by atoms with Crippen molar-refractivity contribution in [3.8, 4) is 5.75 Å². The van der Waals surface area contributed by atoms with Crippen molar-refractivity contribution < 1.29 is 27.5 Å². The van der Waals surface area contributed by atoms with E-state index in [4.69, 9.17) is 9.47 Å². The number of nitrogens with one attached hydrogen (secondary N) is 2. The molecule has 0 saturated carbocycles. The number of hydrogen-bond donors (Lipinski definition) is 2. The van der Waals surface area contributed by atoms with E-state index in [1.165, 1.54) is 6.21 Å². The van der Waals surface area contributed by atoms with Gasteiger partial charge in [0.25, 0.3) is 11.8 Å². The van der Waals surface area contributed by atoms with Gasteiger partial charge in [-0.25, -0.2) is 13.8 Å². The number of ether oxygens (including phenoxy) is 2. The predicted molar refractivity (Wildman–Crippen MR) is 133 cm³/mol. The van der Waals surface area contributed by atoms with Crippen molar-refractivity contribution in [2.75, 3.05) is 36.9 Å². The molecule has 1 fully saturated rings. The molecular formula is C24H30N4O6S. The Morgan fingerprint density at radius 2 is 1.86 bits per heavy atom. The molecule has 3 rings (SSSR count). The van der Waals surface area contributed by atoms with Crippen LogP contribution in [0.3, 0.4) is 0 Å². The molecule has 0 spiro atoms. The average Bonchev–Trinajstić information content (AvgIpc) is 3.34. The molecule has 0 radical (unpaired) electrons. The second-order valence-electron chi connectivity index (χ2n) is 8.20. The van der Waals surface area contributed by atoms with Crippen molar-refractivity contribution in [2.24, 2.45) is 5.10 Å². The normalized spacial score (nSPS) is 15.7. The second kappa shape index (κ2) is 12.3. The van der Waals surface area contributed by atoms with Crippen LogP contribution in [0.2, 0.25) is 0 Å². The van der Waals surface area contributed by atoms with Gasteiger partial charge in [-0.1, -0.05) is 17.7 Å². The molecular weight excluding hydrogens is 472 g/mol. The summed E-state index contributed by atoms with van der Waals surface area (Å²) in [5.41, 5.74) is 4.39. The Bertz CT molecular complexity index is 1130. The molecule has 2 aromatic carbocycles. The zero-order chi connectivity index (χ0) is 25.3. The molecule has 11 heteroatoms. The van der Waals surface area contributed by atoms with Gasteiger partial charge in [0.05, 0.1) is 24.3 Å². The van der Waals surface area contributed by atoms with Crippen LogP contribution in [0.25, 0.3) is 0 Å². The van der Waals surface area contributed by atoms with E-state index in [2.05, 4.69) is 15.8 Å². The third-order valence-corrected chi connectivity index (χ3v) is 6.35. The lowest BCUT2D eigenvalue weighted by Gasteiger charge is -2.21. The molecule has 188 valence electrons. The number of hydrazone groups is 1. The maximum Gasteiger partial charge on any atom is 0.260 e. The molecule has 2 amide bonds. The molecule has 1 aliphatic rings. The minimum atomic E-state index is -3.66. The van der Waals surface area contributed by atoms with E-state index >= 15 is 0 Å². The van der Waals surface area contributed by atoms with Crippen molar-refractivity contribution in [1.82, 2.24) is 10.7 Å². The van der Waals surface area contributed by atoms with E-state index in [9.17, 15) is 18.0 Å². The van der Waals surface area contributed by atoms with E-state index < -0.39 is 22.5 Å². The Morgan fingerprint density at radius 3 is 2.49 bits per heavy atom. The van der Waals surface area contributed by atoms with Gasteiger partial charge in [0.15, 0.2) is 6.61 Å². The van der Waals surface area contributed by atoms with Crippen molar-refractivity contribution in [2.45, 2.75) is 25.9 Å². The highest BCUT2D eigenvalue weighted by Gasteiger charge is 2.20. The minimum absolute atomic E-state index is 0.0788. The van der Waals surface area contributed by atoms with E-state index in [0.29, 0.717) is 23.5 Å².